The number of rotatable bonds is 5. The van der Waals surface area contributed by atoms with Gasteiger partial charge in [0, 0.05) is 43.7 Å². The number of aryl methyl sites for hydroxylation is 1. The minimum atomic E-state index is -0.476. The third-order valence-corrected chi connectivity index (χ3v) is 4.69. The van der Waals surface area contributed by atoms with Crippen LogP contribution in [0.4, 0.5) is 5.69 Å². The van der Waals surface area contributed by atoms with Crippen molar-refractivity contribution in [1.29, 1.82) is 0 Å². The van der Waals surface area contributed by atoms with Crippen molar-refractivity contribution in [3.05, 3.63) is 54.4 Å². The molecule has 1 atom stereocenters. The number of carbonyl (C=O) groups excluding carboxylic acids is 2. The van der Waals surface area contributed by atoms with E-state index in [1.54, 1.807) is 36.2 Å². The number of methoxy groups -OCH3 is 1. The maximum absolute atomic E-state index is 12.8. The van der Waals surface area contributed by atoms with Gasteiger partial charge in [0.05, 0.1) is 7.11 Å². The van der Waals surface area contributed by atoms with Crippen LogP contribution in [0.1, 0.15) is 18.9 Å². The first kappa shape index (κ1) is 17.9. The second kappa shape index (κ2) is 7.99. The number of aromatic nitrogens is 1. The molecule has 136 valence electrons. The Labute approximate surface area is 153 Å². The molecule has 1 aromatic carbocycles. The van der Waals surface area contributed by atoms with Crippen LogP contribution in [0, 0.1) is 0 Å². The van der Waals surface area contributed by atoms with Crippen molar-refractivity contribution in [1.82, 2.24) is 9.88 Å². The molecule has 1 saturated heterocycles. The highest BCUT2D eigenvalue weighted by Crippen LogP contribution is 2.25. The van der Waals surface area contributed by atoms with E-state index in [0.717, 1.165) is 11.3 Å². The smallest absolute Gasteiger partial charge is 0.249 e. The first-order chi connectivity index (χ1) is 12.6. The van der Waals surface area contributed by atoms with Crippen molar-refractivity contribution in [3.8, 4) is 5.75 Å². The van der Waals surface area contributed by atoms with Gasteiger partial charge in [-0.3, -0.25) is 14.6 Å². The number of anilines is 1. The van der Waals surface area contributed by atoms with Crippen LogP contribution in [0.3, 0.4) is 0 Å². The number of hydrogen-bond donors (Lipinski definition) is 0. The monoisotopic (exact) mass is 353 g/mol. The SMILES string of the molecule is COc1cccc(N2CCN(C(=O)CCc3cccnc3)[C@H](C)C2=O)c1. The van der Waals surface area contributed by atoms with Gasteiger partial charge < -0.3 is 14.5 Å². The van der Waals surface area contributed by atoms with Crippen LogP contribution in [0.5, 0.6) is 5.75 Å². The molecule has 26 heavy (non-hydrogen) atoms. The topological polar surface area (TPSA) is 62.7 Å². The number of pyridine rings is 1. The van der Waals surface area contributed by atoms with E-state index in [2.05, 4.69) is 4.98 Å². The molecular formula is C20H23N3O3. The van der Waals surface area contributed by atoms with Crippen LogP contribution in [0.25, 0.3) is 0 Å². The lowest BCUT2D eigenvalue weighted by molar-refractivity contribution is -0.140. The fourth-order valence-corrected chi connectivity index (χ4v) is 3.19. The van der Waals surface area contributed by atoms with Gasteiger partial charge in [-0.05, 0) is 37.1 Å². The normalized spacial score (nSPS) is 17.3. The summed E-state index contributed by atoms with van der Waals surface area (Å²) in [6.45, 7) is 2.79. The zero-order chi connectivity index (χ0) is 18.5. The maximum Gasteiger partial charge on any atom is 0.249 e. The van der Waals surface area contributed by atoms with E-state index in [4.69, 9.17) is 4.74 Å². The molecule has 1 aliphatic rings. The fourth-order valence-electron chi connectivity index (χ4n) is 3.19. The lowest BCUT2D eigenvalue weighted by Gasteiger charge is -2.39. The van der Waals surface area contributed by atoms with Gasteiger partial charge in [-0.25, -0.2) is 0 Å². The molecule has 3 rings (SSSR count). The molecule has 2 aromatic rings. The van der Waals surface area contributed by atoms with Crippen LogP contribution in [0.15, 0.2) is 48.8 Å². The van der Waals surface area contributed by atoms with Gasteiger partial charge in [-0.2, -0.15) is 0 Å². The molecule has 2 amide bonds. The third-order valence-electron chi connectivity index (χ3n) is 4.69. The van der Waals surface area contributed by atoms with Gasteiger partial charge in [-0.15, -0.1) is 0 Å². The van der Waals surface area contributed by atoms with E-state index in [1.807, 2.05) is 36.4 Å². The predicted molar refractivity (Wildman–Crippen MR) is 99.1 cm³/mol. The Kier molecular flexibility index (Phi) is 5.51. The first-order valence-electron chi connectivity index (χ1n) is 8.74. The lowest BCUT2D eigenvalue weighted by Crippen LogP contribution is -2.57. The molecule has 0 spiro atoms. The number of hydrogen-bond acceptors (Lipinski definition) is 4. The van der Waals surface area contributed by atoms with Crippen molar-refractivity contribution in [2.24, 2.45) is 0 Å². The summed E-state index contributed by atoms with van der Waals surface area (Å²) in [6, 6.07) is 10.8. The standard InChI is InChI=1S/C20H23N3O3/c1-15-20(25)23(17-6-3-7-18(13-17)26-2)12-11-22(15)19(24)9-8-16-5-4-10-21-14-16/h3-7,10,13-15H,8-9,11-12H2,1-2H3/t15-/m1/s1. The van der Waals surface area contributed by atoms with E-state index in [1.165, 1.54) is 0 Å². The minimum Gasteiger partial charge on any atom is -0.497 e. The number of piperazine rings is 1. The van der Waals surface area contributed by atoms with Gasteiger partial charge in [0.15, 0.2) is 0 Å². The van der Waals surface area contributed by atoms with Gasteiger partial charge in [-0.1, -0.05) is 12.1 Å². The maximum atomic E-state index is 12.8. The Balaban J connectivity index is 1.64. The van der Waals surface area contributed by atoms with E-state index in [0.29, 0.717) is 31.7 Å². The number of carbonyl (C=O) groups is 2. The molecule has 0 N–H and O–H groups in total. The Morgan fingerprint density at radius 2 is 2.12 bits per heavy atom. The Hall–Kier alpha value is -2.89. The number of benzene rings is 1. The molecule has 1 aliphatic heterocycles. The number of ether oxygens (including phenoxy) is 1. The van der Waals surface area contributed by atoms with Crippen LogP contribution >= 0.6 is 0 Å². The quantitative estimate of drug-likeness (QED) is 0.827. The van der Waals surface area contributed by atoms with Crippen molar-refractivity contribution >= 4 is 17.5 Å². The minimum absolute atomic E-state index is 0.00000436. The van der Waals surface area contributed by atoms with Crippen LogP contribution < -0.4 is 9.64 Å². The lowest BCUT2D eigenvalue weighted by atomic mass is 10.1. The summed E-state index contributed by atoms with van der Waals surface area (Å²) in [5.74, 6) is 0.636. The molecule has 6 heteroatoms. The highest BCUT2D eigenvalue weighted by atomic mass is 16.5. The molecule has 2 heterocycles. The molecule has 0 bridgehead atoms. The molecule has 1 aromatic heterocycles. The largest absolute Gasteiger partial charge is 0.497 e. The zero-order valence-electron chi connectivity index (χ0n) is 15.1. The fraction of sp³-hybridized carbons (Fsp3) is 0.350. The van der Waals surface area contributed by atoms with E-state index in [-0.39, 0.29) is 11.8 Å². The van der Waals surface area contributed by atoms with E-state index < -0.39 is 6.04 Å². The molecular weight excluding hydrogens is 330 g/mol. The Morgan fingerprint density at radius 3 is 2.85 bits per heavy atom. The molecule has 0 unspecified atom stereocenters. The predicted octanol–water partition coefficient (Wildman–Crippen LogP) is 2.29. The molecule has 0 aliphatic carbocycles. The summed E-state index contributed by atoms with van der Waals surface area (Å²) < 4.78 is 5.23. The molecule has 6 nitrogen and oxygen atoms in total. The summed E-state index contributed by atoms with van der Waals surface area (Å²) in [5.41, 5.74) is 1.82. The van der Waals surface area contributed by atoms with Gasteiger partial charge in [0.1, 0.15) is 11.8 Å². The number of nitrogens with zero attached hydrogens (tertiary/aromatic N) is 3. The summed E-state index contributed by atoms with van der Waals surface area (Å²) in [5, 5.41) is 0. The van der Waals surface area contributed by atoms with Crippen LogP contribution in [-0.4, -0.2) is 47.9 Å². The highest BCUT2D eigenvalue weighted by molar-refractivity contribution is 6.00. The van der Waals surface area contributed by atoms with Crippen LogP contribution in [0.2, 0.25) is 0 Å². The van der Waals surface area contributed by atoms with E-state index >= 15 is 0 Å². The number of amides is 2. The van der Waals surface area contributed by atoms with Gasteiger partial charge >= 0.3 is 0 Å². The third kappa shape index (κ3) is 3.85. The Bertz CT molecular complexity index is 779. The zero-order valence-corrected chi connectivity index (χ0v) is 15.1. The van der Waals surface area contributed by atoms with Crippen molar-refractivity contribution in [3.63, 3.8) is 0 Å². The second-order valence-electron chi connectivity index (χ2n) is 6.32. The molecule has 0 saturated carbocycles. The highest BCUT2D eigenvalue weighted by Gasteiger charge is 2.34. The summed E-state index contributed by atoms with van der Waals surface area (Å²) in [6.07, 6.45) is 4.48. The summed E-state index contributed by atoms with van der Waals surface area (Å²) >= 11 is 0. The van der Waals surface area contributed by atoms with Gasteiger partial charge in [0.25, 0.3) is 0 Å². The average Bonchev–Trinajstić information content (AvgIpc) is 2.69. The van der Waals surface area contributed by atoms with E-state index in [9.17, 15) is 9.59 Å². The summed E-state index contributed by atoms with van der Waals surface area (Å²) in [7, 11) is 1.60. The van der Waals surface area contributed by atoms with Crippen molar-refractivity contribution < 1.29 is 14.3 Å². The second-order valence-corrected chi connectivity index (χ2v) is 6.32. The Morgan fingerprint density at radius 1 is 1.27 bits per heavy atom. The molecule has 1 fully saturated rings. The van der Waals surface area contributed by atoms with Crippen LogP contribution in [-0.2, 0) is 16.0 Å². The first-order valence-corrected chi connectivity index (χ1v) is 8.74. The average molecular weight is 353 g/mol. The van der Waals surface area contributed by atoms with Gasteiger partial charge in [0.2, 0.25) is 11.8 Å². The van der Waals surface area contributed by atoms with Crippen molar-refractivity contribution in [2.75, 3.05) is 25.1 Å². The summed E-state index contributed by atoms with van der Waals surface area (Å²) in [4.78, 5) is 32.8. The van der Waals surface area contributed by atoms with Crippen molar-refractivity contribution in [2.45, 2.75) is 25.8 Å². The molecule has 0 radical (unpaired) electrons.